The van der Waals surface area contributed by atoms with E-state index in [1.54, 1.807) is 32.3 Å². The molecule has 0 saturated heterocycles. The highest BCUT2D eigenvalue weighted by Gasteiger charge is 2.05. The number of rotatable bonds is 3. The molecule has 4 heteroatoms. The molecule has 0 aliphatic rings. The van der Waals surface area contributed by atoms with Crippen molar-refractivity contribution in [3.05, 3.63) is 36.4 Å². The molecule has 0 aliphatic heterocycles. The Kier molecular flexibility index (Phi) is 3.37. The van der Waals surface area contributed by atoms with Crippen LogP contribution in [0.4, 0.5) is 0 Å². The van der Waals surface area contributed by atoms with Gasteiger partial charge in [-0.15, -0.1) is 0 Å². The fraction of sp³-hybridized carbons (Fsp3) is 0.214. The zero-order valence-corrected chi connectivity index (χ0v) is 10.4. The maximum Gasteiger partial charge on any atom is 0.259 e. The molecule has 94 valence electrons. The summed E-state index contributed by atoms with van der Waals surface area (Å²) in [5.41, 5.74) is 0. The number of phenolic OH excluding ortho intramolecular Hbond substituents is 1. The lowest BCUT2D eigenvalue weighted by atomic mass is 10.1. The number of nitrogens with zero attached hydrogens (tertiary/aromatic N) is 1. The summed E-state index contributed by atoms with van der Waals surface area (Å²) in [7, 11) is 3.37. The summed E-state index contributed by atoms with van der Waals surface area (Å²) < 4.78 is 5.40. The van der Waals surface area contributed by atoms with Crippen LogP contribution in [0.1, 0.15) is 0 Å². The number of amides is 1. The van der Waals surface area contributed by atoms with Gasteiger partial charge in [0.15, 0.2) is 6.61 Å². The molecule has 1 amide bonds. The first kappa shape index (κ1) is 12.2. The van der Waals surface area contributed by atoms with Crippen molar-refractivity contribution >= 4 is 16.7 Å². The molecule has 2 rings (SSSR count). The van der Waals surface area contributed by atoms with Crippen LogP contribution in [0.25, 0.3) is 10.8 Å². The number of phenols is 1. The highest BCUT2D eigenvalue weighted by Crippen LogP contribution is 2.24. The van der Waals surface area contributed by atoms with E-state index in [1.807, 2.05) is 18.2 Å². The van der Waals surface area contributed by atoms with E-state index in [0.717, 1.165) is 10.8 Å². The molecule has 0 bridgehead atoms. The zero-order valence-electron chi connectivity index (χ0n) is 10.4. The van der Waals surface area contributed by atoms with Gasteiger partial charge in [0.2, 0.25) is 0 Å². The molecule has 0 radical (unpaired) electrons. The molecule has 18 heavy (non-hydrogen) atoms. The van der Waals surface area contributed by atoms with Gasteiger partial charge in [0, 0.05) is 14.1 Å². The molecule has 0 aromatic heterocycles. The molecule has 0 spiro atoms. The maximum atomic E-state index is 11.4. The third-order valence-corrected chi connectivity index (χ3v) is 2.66. The number of carbonyl (C=O) groups excluding carboxylic acids is 1. The second-order valence-corrected chi connectivity index (χ2v) is 4.27. The minimum absolute atomic E-state index is 0.0112. The van der Waals surface area contributed by atoms with E-state index in [2.05, 4.69) is 0 Å². The topological polar surface area (TPSA) is 49.8 Å². The second-order valence-electron chi connectivity index (χ2n) is 4.27. The van der Waals surface area contributed by atoms with Gasteiger partial charge in [0.05, 0.1) is 0 Å². The Morgan fingerprint density at radius 2 is 1.89 bits per heavy atom. The molecule has 1 N–H and O–H groups in total. The van der Waals surface area contributed by atoms with Gasteiger partial charge in [0.1, 0.15) is 11.5 Å². The van der Waals surface area contributed by atoms with Crippen molar-refractivity contribution in [1.29, 1.82) is 0 Å². The van der Waals surface area contributed by atoms with Crippen molar-refractivity contribution in [2.45, 2.75) is 0 Å². The zero-order chi connectivity index (χ0) is 13.1. The summed E-state index contributed by atoms with van der Waals surface area (Å²) >= 11 is 0. The Bertz CT molecular complexity index is 578. The molecule has 2 aromatic carbocycles. The van der Waals surface area contributed by atoms with Gasteiger partial charge in [-0.1, -0.05) is 12.1 Å². The van der Waals surface area contributed by atoms with Crippen LogP contribution in [0.2, 0.25) is 0 Å². The standard InChI is InChI=1S/C14H15NO3/c1-15(2)14(17)9-18-13-6-4-10-3-5-12(16)7-11(10)8-13/h3-8,16H,9H2,1-2H3. The number of hydrogen-bond acceptors (Lipinski definition) is 3. The summed E-state index contributed by atoms with van der Waals surface area (Å²) in [6, 6.07) is 10.6. The molecule has 0 unspecified atom stereocenters. The van der Waals surface area contributed by atoms with E-state index in [9.17, 15) is 9.90 Å². The average molecular weight is 245 g/mol. The number of benzene rings is 2. The number of aromatic hydroxyl groups is 1. The molecule has 0 heterocycles. The minimum Gasteiger partial charge on any atom is -0.508 e. The summed E-state index contributed by atoms with van der Waals surface area (Å²) in [6.45, 7) is 0.0112. The maximum absolute atomic E-state index is 11.4. The second kappa shape index (κ2) is 4.96. The van der Waals surface area contributed by atoms with Gasteiger partial charge in [-0.3, -0.25) is 4.79 Å². The molecule has 0 fully saturated rings. The van der Waals surface area contributed by atoms with Crippen molar-refractivity contribution in [3.8, 4) is 11.5 Å². The summed E-state index contributed by atoms with van der Waals surface area (Å²) in [6.07, 6.45) is 0. The highest BCUT2D eigenvalue weighted by atomic mass is 16.5. The van der Waals surface area contributed by atoms with Crippen molar-refractivity contribution in [1.82, 2.24) is 4.90 Å². The third kappa shape index (κ3) is 2.71. The molecule has 0 aliphatic carbocycles. The molecular formula is C14H15NO3. The van der Waals surface area contributed by atoms with E-state index in [-0.39, 0.29) is 18.3 Å². The van der Waals surface area contributed by atoms with Crippen LogP contribution in [0, 0.1) is 0 Å². The van der Waals surface area contributed by atoms with E-state index in [4.69, 9.17) is 4.74 Å². The first-order valence-corrected chi connectivity index (χ1v) is 5.62. The van der Waals surface area contributed by atoms with Gasteiger partial charge >= 0.3 is 0 Å². The predicted octanol–water partition coefficient (Wildman–Crippen LogP) is 2.01. The molecule has 2 aromatic rings. The molecule has 0 saturated carbocycles. The van der Waals surface area contributed by atoms with Crippen molar-refractivity contribution in [2.75, 3.05) is 20.7 Å². The lowest BCUT2D eigenvalue weighted by Gasteiger charge is -2.11. The first-order valence-electron chi connectivity index (χ1n) is 5.62. The third-order valence-electron chi connectivity index (χ3n) is 2.66. The van der Waals surface area contributed by atoms with Crippen molar-refractivity contribution in [2.24, 2.45) is 0 Å². The smallest absolute Gasteiger partial charge is 0.259 e. The summed E-state index contributed by atoms with van der Waals surface area (Å²) in [4.78, 5) is 12.9. The fourth-order valence-electron chi connectivity index (χ4n) is 1.58. The Morgan fingerprint density at radius 1 is 1.17 bits per heavy atom. The Balaban J connectivity index is 2.17. The average Bonchev–Trinajstić information content (AvgIpc) is 2.35. The van der Waals surface area contributed by atoms with Gasteiger partial charge in [0.25, 0.3) is 5.91 Å². The SMILES string of the molecule is CN(C)C(=O)COc1ccc2ccc(O)cc2c1. The normalized spacial score (nSPS) is 10.3. The number of fused-ring (bicyclic) bond motifs is 1. The van der Waals surface area contributed by atoms with E-state index < -0.39 is 0 Å². The molecule has 0 atom stereocenters. The van der Waals surface area contributed by atoms with Crippen LogP contribution in [0.15, 0.2) is 36.4 Å². The van der Waals surface area contributed by atoms with Gasteiger partial charge < -0.3 is 14.7 Å². The fourth-order valence-corrected chi connectivity index (χ4v) is 1.58. The minimum atomic E-state index is -0.0917. The number of carbonyl (C=O) groups is 1. The van der Waals surface area contributed by atoms with Crippen LogP contribution in [-0.2, 0) is 4.79 Å². The Labute approximate surface area is 105 Å². The van der Waals surface area contributed by atoms with E-state index in [1.165, 1.54) is 4.90 Å². The van der Waals surface area contributed by atoms with Crippen molar-refractivity contribution in [3.63, 3.8) is 0 Å². The Hall–Kier alpha value is -2.23. The van der Waals surface area contributed by atoms with Gasteiger partial charge in [-0.25, -0.2) is 0 Å². The van der Waals surface area contributed by atoms with Crippen LogP contribution in [0.5, 0.6) is 11.5 Å². The van der Waals surface area contributed by atoms with Crippen LogP contribution in [0.3, 0.4) is 0 Å². The van der Waals surface area contributed by atoms with Crippen molar-refractivity contribution < 1.29 is 14.6 Å². The van der Waals surface area contributed by atoms with E-state index in [0.29, 0.717) is 5.75 Å². The molecule has 4 nitrogen and oxygen atoms in total. The molecular weight excluding hydrogens is 230 g/mol. The largest absolute Gasteiger partial charge is 0.508 e. The highest BCUT2D eigenvalue weighted by molar-refractivity contribution is 5.85. The monoisotopic (exact) mass is 245 g/mol. The quantitative estimate of drug-likeness (QED) is 0.900. The number of likely N-dealkylation sites (N-methyl/N-ethyl adjacent to an activating group) is 1. The van der Waals surface area contributed by atoms with Crippen LogP contribution < -0.4 is 4.74 Å². The number of ether oxygens (including phenoxy) is 1. The predicted molar refractivity (Wildman–Crippen MR) is 69.8 cm³/mol. The Morgan fingerprint density at radius 3 is 2.61 bits per heavy atom. The summed E-state index contributed by atoms with van der Waals surface area (Å²) in [5, 5.41) is 11.3. The number of hydrogen-bond donors (Lipinski definition) is 1. The van der Waals surface area contributed by atoms with Gasteiger partial charge in [-0.05, 0) is 35.0 Å². The van der Waals surface area contributed by atoms with Gasteiger partial charge in [-0.2, -0.15) is 0 Å². The first-order chi connectivity index (χ1) is 8.56. The lowest BCUT2D eigenvalue weighted by Crippen LogP contribution is -2.27. The lowest BCUT2D eigenvalue weighted by molar-refractivity contribution is -0.130. The van der Waals surface area contributed by atoms with Crippen LogP contribution in [-0.4, -0.2) is 36.6 Å². The summed E-state index contributed by atoms with van der Waals surface area (Å²) in [5.74, 6) is 0.735. The van der Waals surface area contributed by atoms with E-state index >= 15 is 0 Å². The van der Waals surface area contributed by atoms with Crippen LogP contribution >= 0.6 is 0 Å².